The second-order valence-electron chi connectivity index (χ2n) is 9.53. The molecule has 2 aromatic carbocycles. The van der Waals surface area contributed by atoms with Crippen LogP contribution in [-0.4, -0.2) is 89.7 Å². The van der Waals surface area contributed by atoms with Crippen LogP contribution in [0.1, 0.15) is 32.6 Å². The molecule has 0 radical (unpaired) electrons. The highest BCUT2D eigenvalue weighted by Gasteiger charge is 2.23. The number of carbonyl (C=O) groups excluding carboxylic acids is 1. The number of piperazine rings is 2. The molecule has 9 heteroatoms. The Morgan fingerprint density at radius 3 is 1.83 bits per heavy atom. The fraction of sp³-hybridized carbons (Fsp3) is 0.423. The van der Waals surface area contributed by atoms with E-state index in [1.54, 1.807) is 0 Å². The summed E-state index contributed by atoms with van der Waals surface area (Å²) in [7, 11) is 0. The fourth-order valence-corrected chi connectivity index (χ4v) is 4.82. The minimum atomic E-state index is 0.0820. The lowest BCUT2D eigenvalue weighted by atomic mass is 10.0. The number of amides is 1. The van der Waals surface area contributed by atoms with Gasteiger partial charge in [0.1, 0.15) is 5.84 Å². The van der Waals surface area contributed by atoms with E-state index in [4.69, 9.17) is 22.3 Å². The SMILES string of the molecule is Cc1cc(CN2CCN(C(=N)N)CC2)cc(C(=O)N2CCN(Cc3ccc(C(=N)N)cc3)CC2)c1. The Balaban J connectivity index is 1.31. The van der Waals surface area contributed by atoms with Crippen LogP contribution in [0.3, 0.4) is 0 Å². The van der Waals surface area contributed by atoms with Crippen molar-refractivity contribution in [1.82, 2.24) is 19.6 Å². The molecule has 2 fully saturated rings. The first kappa shape index (κ1) is 24.7. The summed E-state index contributed by atoms with van der Waals surface area (Å²) in [5.41, 5.74) is 16.1. The molecule has 35 heavy (non-hydrogen) atoms. The summed E-state index contributed by atoms with van der Waals surface area (Å²) in [5.74, 6) is 0.319. The molecule has 0 spiro atoms. The molecule has 1 amide bonds. The van der Waals surface area contributed by atoms with Gasteiger partial charge in [-0.1, -0.05) is 35.9 Å². The van der Waals surface area contributed by atoms with Crippen LogP contribution in [0.4, 0.5) is 0 Å². The first-order chi connectivity index (χ1) is 16.8. The number of nitrogens with one attached hydrogen (secondary N) is 2. The van der Waals surface area contributed by atoms with Gasteiger partial charge >= 0.3 is 0 Å². The molecule has 0 aliphatic carbocycles. The van der Waals surface area contributed by atoms with Crippen molar-refractivity contribution in [1.29, 1.82) is 10.8 Å². The van der Waals surface area contributed by atoms with Crippen molar-refractivity contribution < 1.29 is 4.79 Å². The molecule has 0 saturated carbocycles. The van der Waals surface area contributed by atoms with Gasteiger partial charge in [-0.25, -0.2) is 0 Å². The maximum atomic E-state index is 13.3. The van der Waals surface area contributed by atoms with Gasteiger partial charge in [-0.05, 0) is 30.2 Å². The van der Waals surface area contributed by atoms with Crippen LogP contribution in [0.15, 0.2) is 42.5 Å². The van der Waals surface area contributed by atoms with Gasteiger partial charge in [0.15, 0.2) is 5.96 Å². The number of carbonyl (C=O) groups is 1. The number of nitrogen functional groups attached to an aromatic ring is 1. The van der Waals surface area contributed by atoms with Gasteiger partial charge in [-0.3, -0.25) is 25.4 Å². The highest BCUT2D eigenvalue weighted by atomic mass is 16.2. The zero-order valence-corrected chi connectivity index (χ0v) is 20.5. The van der Waals surface area contributed by atoms with Crippen LogP contribution >= 0.6 is 0 Å². The van der Waals surface area contributed by atoms with E-state index in [0.717, 1.165) is 74.6 Å². The zero-order valence-electron chi connectivity index (χ0n) is 20.5. The molecule has 0 unspecified atom stereocenters. The van der Waals surface area contributed by atoms with E-state index in [1.807, 2.05) is 53.1 Å². The second-order valence-corrected chi connectivity index (χ2v) is 9.53. The molecule has 2 heterocycles. The molecule has 9 nitrogen and oxygen atoms in total. The summed E-state index contributed by atoms with van der Waals surface area (Å²) in [5, 5.41) is 15.1. The van der Waals surface area contributed by atoms with Crippen LogP contribution in [0.5, 0.6) is 0 Å². The average Bonchev–Trinajstić information content (AvgIpc) is 2.84. The minimum Gasteiger partial charge on any atom is -0.384 e. The number of hydrogen-bond donors (Lipinski definition) is 4. The number of aryl methyl sites for hydroxylation is 1. The van der Waals surface area contributed by atoms with Crippen molar-refractivity contribution >= 4 is 17.7 Å². The number of benzene rings is 2. The Bertz CT molecular complexity index is 1070. The van der Waals surface area contributed by atoms with Gasteiger partial charge in [0, 0.05) is 76.6 Å². The van der Waals surface area contributed by atoms with Gasteiger partial charge in [0.25, 0.3) is 5.91 Å². The van der Waals surface area contributed by atoms with Crippen molar-refractivity contribution in [2.45, 2.75) is 20.0 Å². The van der Waals surface area contributed by atoms with Crippen molar-refractivity contribution in [3.63, 3.8) is 0 Å². The molecule has 0 atom stereocenters. The Kier molecular flexibility index (Phi) is 7.67. The molecule has 0 aromatic heterocycles. The van der Waals surface area contributed by atoms with E-state index < -0.39 is 0 Å². The molecule has 6 N–H and O–H groups in total. The first-order valence-corrected chi connectivity index (χ1v) is 12.2. The summed E-state index contributed by atoms with van der Waals surface area (Å²) in [4.78, 5) is 21.9. The summed E-state index contributed by atoms with van der Waals surface area (Å²) < 4.78 is 0. The molecule has 2 aliphatic heterocycles. The Hall–Kier alpha value is -3.43. The highest BCUT2D eigenvalue weighted by Crippen LogP contribution is 2.17. The lowest BCUT2D eigenvalue weighted by Crippen LogP contribution is -2.50. The maximum absolute atomic E-state index is 13.3. The maximum Gasteiger partial charge on any atom is 0.253 e. The molecule has 2 saturated heterocycles. The molecule has 0 bridgehead atoms. The second kappa shape index (κ2) is 10.9. The number of guanidine groups is 1. The van der Waals surface area contributed by atoms with Crippen molar-refractivity contribution in [2.75, 3.05) is 52.4 Å². The predicted molar refractivity (Wildman–Crippen MR) is 139 cm³/mol. The number of amidine groups is 1. The fourth-order valence-electron chi connectivity index (χ4n) is 4.82. The van der Waals surface area contributed by atoms with Crippen molar-refractivity contribution in [3.05, 3.63) is 70.3 Å². The first-order valence-electron chi connectivity index (χ1n) is 12.2. The van der Waals surface area contributed by atoms with E-state index >= 15 is 0 Å². The Morgan fingerprint density at radius 2 is 1.29 bits per heavy atom. The van der Waals surface area contributed by atoms with Crippen LogP contribution in [0, 0.1) is 17.7 Å². The molecule has 2 aromatic rings. The molecule has 2 aliphatic rings. The van der Waals surface area contributed by atoms with Gasteiger partial charge in [0.05, 0.1) is 0 Å². The third kappa shape index (κ3) is 6.37. The number of rotatable bonds is 6. The topological polar surface area (TPSA) is 130 Å². The Labute approximate surface area is 207 Å². The monoisotopic (exact) mass is 476 g/mol. The third-order valence-electron chi connectivity index (χ3n) is 6.83. The van der Waals surface area contributed by atoms with Crippen LogP contribution in [0.25, 0.3) is 0 Å². The zero-order chi connectivity index (χ0) is 24.9. The normalized spacial score (nSPS) is 17.4. The molecular formula is C26H36N8O. The largest absolute Gasteiger partial charge is 0.384 e. The predicted octanol–water partition coefficient (Wildman–Crippen LogP) is 1.25. The molecular weight excluding hydrogens is 440 g/mol. The lowest BCUT2D eigenvalue weighted by molar-refractivity contribution is 0.0628. The highest BCUT2D eigenvalue weighted by molar-refractivity contribution is 5.95. The van der Waals surface area contributed by atoms with Gasteiger partial charge in [-0.2, -0.15) is 0 Å². The van der Waals surface area contributed by atoms with Crippen LogP contribution in [-0.2, 0) is 13.1 Å². The minimum absolute atomic E-state index is 0.0820. The average molecular weight is 477 g/mol. The van der Waals surface area contributed by atoms with Gasteiger partial charge in [0.2, 0.25) is 0 Å². The summed E-state index contributed by atoms with van der Waals surface area (Å²) in [6.07, 6.45) is 0. The van der Waals surface area contributed by atoms with Crippen LogP contribution in [0.2, 0.25) is 0 Å². The van der Waals surface area contributed by atoms with E-state index in [9.17, 15) is 4.79 Å². The summed E-state index contributed by atoms with van der Waals surface area (Å²) in [6.45, 7) is 9.99. The van der Waals surface area contributed by atoms with E-state index in [0.29, 0.717) is 13.1 Å². The van der Waals surface area contributed by atoms with Crippen molar-refractivity contribution in [2.24, 2.45) is 11.5 Å². The number of nitrogens with two attached hydrogens (primary N) is 2. The number of nitrogens with zero attached hydrogens (tertiary/aromatic N) is 4. The van der Waals surface area contributed by atoms with E-state index in [-0.39, 0.29) is 17.7 Å². The quantitative estimate of drug-likeness (QED) is 0.367. The molecule has 186 valence electrons. The third-order valence-corrected chi connectivity index (χ3v) is 6.83. The number of hydrogen-bond acceptors (Lipinski definition) is 5. The van der Waals surface area contributed by atoms with E-state index in [2.05, 4.69) is 15.9 Å². The standard InChI is InChI=1S/C26H36N8O/c1-19-14-21(18-32-8-12-34(13-9-32)26(29)30)16-23(15-19)25(35)33-10-6-31(7-11-33)17-20-2-4-22(5-3-20)24(27)28/h2-5,14-16H,6-13,17-18H2,1H3,(H3,27,28)(H3,29,30). The van der Waals surface area contributed by atoms with E-state index in [1.165, 1.54) is 5.56 Å². The summed E-state index contributed by atoms with van der Waals surface area (Å²) in [6, 6.07) is 14.0. The lowest BCUT2D eigenvalue weighted by Gasteiger charge is -2.35. The smallest absolute Gasteiger partial charge is 0.253 e. The Morgan fingerprint density at radius 1 is 0.743 bits per heavy atom. The van der Waals surface area contributed by atoms with Gasteiger partial charge < -0.3 is 21.3 Å². The van der Waals surface area contributed by atoms with Crippen molar-refractivity contribution in [3.8, 4) is 0 Å². The van der Waals surface area contributed by atoms with Crippen LogP contribution < -0.4 is 11.5 Å². The molecule has 4 rings (SSSR count). The summed E-state index contributed by atoms with van der Waals surface area (Å²) >= 11 is 0. The van der Waals surface area contributed by atoms with Gasteiger partial charge in [-0.15, -0.1) is 0 Å².